The lowest BCUT2D eigenvalue weighted by Gasteiger charge is -2.21. The summed E-state index contributed by atoms with van der Waals surface area (Å²) in [5, 5.41) is 4.42. The molecule has 1 unspecified atom stereocenters. The zero-order valence-electron chi connectivity index (χ0n) is 15.8. The molecule has 1 heterocycles. The van der Waals surface area contributed by atoms with Gasteiger partial charge in [-0.25, -0.2) is 19.9 Å². The smallest absolute Gasteiger partial charge is 0.427 e. The zero-order chi connectivity index (χ0) is 21.0. The van der Waals surface area contributed by atoms with E-state index >= 15 is 0 Å². The minimum atomic E-state index is -0.976. The van der Waals surface area contributed by atoms with Crippen molar-refractivity contribution >= 4 is 41.0 Å². The number of hydrazone groups is 1. The van der Waals surface area contributed by atoms with Crippen LogP contribution in [0.2, 0.25) is 5.02 Å². The Labute approximate surface area is 172 Å². The Hall–Kier alpha value is -3.39. The number of hydrogen-bond donors (Lipinski definition) is 1. The first-order chi connectivity index (χ1) is 13.9. The minimum absolute atomic E-state index is 0.200. The number of hydrogen-bond acceptors (Lipinski definition) is 5. The molecular formula is C20H19ClN4O4. The molecule has 0 bridgehead atoms. The summed E-state index contributed by atoms with van der Waals surface area (Å²) < 4.78 is 4.49. The van der Waals surface area contributed by atoms with E-state index in [1.54, 1.807) is 31.2 Å². The van der Waals surface area contributed by atoms with E-state index in [2.05, 4.69) is 15.3 Å². The van der Waals surface area contributed by atoms with Crippen LogP contribution in [0.4, 0.5) is 15.3 Å². The van der Waals surface area contributed by atoms with E-state index in [0.717, 1.165) is 10.5 Å². The number of amides is 4. The van der Waals surface area contributed by atoms with E-state index in [-0.39, 0.29) is 12.3 Å². The molecule has 0 saturated carbocycles. The van der Waals surface area contributed by atoms with Crippen LogP contribution >= 0.6 is 11.6 Å². The number of anilines is 1. The minimum Gasteiger partial charge on any atom is -0.452 e. The summed E-state index contributed by atoms with van der Waals surface area (Å²) in [5.41, 5.74) is 3.70. The number of urea groups is 1. The third-order valence-electron chi connectivity index (χ3n) is 4.39. The maximum absolute atomic E-state index is 13.2. The van der Waals surface area contributed by atoms with Gasteiger partial charge in [0.25, 0.3) is 5.91 Å². The lowest BCUT2D eigenvalue weighted by molar-refractivity contribution is -0.118. The fourth-order valence-corrected chi connectivity index (χ4v) is 3.13. The second-order valence-electron chi connectivity index (χ2n) is 6.31. The molecule has 150 valence electrons. The van der Waals surface area contributed by atoms with E-state index in [0.29, 0.717) is 10.7 Å². The third-order valence-corrected chi connectivity index (χ3v) is 4.64. The summed E-state index contributed by atoms with van der Waals surface area (Å²) in [6, 6.07) is 14.2. The van der Waals surface area contributed by atoms with Crippen LogP contribution in [0.15, 0.2) is 59.7 Å². The van der Waals surface area contributed by atoms with E-state index in [4.69, 9.17) is 11.6 Å². The number of ether oxygens (including phenoxy) is 1. The maximum atomic E-state index is 13.2. The monoisotopic (exact) mass is 414 g/mol. The van der Waals surface area contributed by atoms with Gasteiger partial charge in [0.1, 0.15) is 0 Å². The first-order valence-corrected chi connectivity index (χ1v) is 9.12. The van der Waals surface area contributed by atoms with Gasteiger partial charge >= 0.3 is 12.1 Å². The van der Waals surface area contributed by atoms with Crippen LogP contribution in [0, 0.1) is 0 Å². The summed E-state index contributed by atoms with van der Waals surface area (Å²) >= 11 is 5.92. The number of nitrogens with zero attached hydrogens (tertiary/aromatic N) is 3. The van der Waals surface area contributed by atoms with Gasteiger partial charge in [0.15, 0.2) is 6.04 Å². The first kappa shape index (κ1) is 20.3. The highest BCUT2D eigenvalue weighted by atomic mass is 35.5. The number of imide groups is 1. The van der Waals surface area contributed by atoms with Gasteiger partial charge in [-0.2, -0.15) is 5.10 Å². The van der Waals surface area contributed by atoms with Crippen LogP contribution in [-0.4, -0.2) is 41.8 Å². The molecule has 1 N–H and O–H groups in total. The van der Waals surface area contributed by atoms with Crippen LogP contribution in [0.5, 0.6) is 0 Å². The molecule has 29 heavy (non-hydrogen) atoms. The van der Waals surface area contributed by atoms with E-state index < -0.39 is 24.1 Å². The van der Waals surface area contributed by atoms with Crippen molar-refractivity contribution in [3.63, 3.8) is 0 Å². The highest BCUT2D eigenvalue weighted by molar-refractivity contribution is 6.31. The maximum Gasteiger partial charge on any atom is 0.427 e. The topological polar surface area (TPSA) is 91.3 Å². The van der Waals surface area contributed by atoms with Gasteiger partial charge in [-0.1, -0.05) is 41.9 Å². The Morgan fingerprint density at radius 2 is 1.79 bits per heavy atom. The lowest BCUT2D eigenvalue weighted by Crippen LogP contribution is -2.40. The number of rotatable bonds is 5. The second-order valence-corrected chi connectivity index (χ2v) is 6.74. The van der Waals surface area contributed by atoms with Crippen molar-refractivity contribution in [2.45, 2.75) is 19.5 Å². The molecule has 0 radical (unpaired) electrons. The summed E-state index contributed by atoms with van der Waals surface area (Å²) in [6.45, 7) is 1.76. The van der Waals surface area contributed by atoms with Crippen LogP contribution in [-0.2, 0) is 16.1 Å². The first-order valence-electron chi connectivity index (χ1n) is 8.74. The highest BCUT2D eigenvalue weighted by Crippen LogP contribution is 2.28. The number of carbonyl (C=O) groups is 3. The Bertz CT molecular complexity index is 947. The number of nitrogens with one attached hydrogen (secondary N) is 1. The van der Waals surface area contributed by atoms with Crippen molar-refractivity contribution in [1.82, 2.24) is 10.3 Å². The number of methoxy groups -OCH3 is 1. The number of carbonyl (C=O) groups excluding carboxylic acids is 3. The number of benzene rings is 2. The molecule has 1 aliphatic heterocycles. The third kappa shape index (κ3) is 4.38. The molecule has 1 saturated heterocycles. The molecule has 2 aromatic rings. The molecule has 0 spiro atoms. The SMILES string of the molecule is COC(=O)N/N=C(\C)C1C(=O)N(c2ccc(Cl)cc2)C(=O)N1Cc1ccccc1. The highest BCUT2D eigenvalue weighted by Gasteiger charge is 2.47. The van der Waals surface area contributed by atoms with E-state index in [1.807, 2.05) is 30.3 Å². The molecule has 0 aliphatic carbocycles. The van der Waals surface area contributed by atoms with Gasteiger partial charge in [0, 0.05) is 11.6 Å². The Morgan fingerprint density at radius 1 is 1.14 bits per heavy atom. The summed E-state index contributed by atoms with van der Waals surface area (Å²) in [6.07, 6.45) is -0.773. The number of halogens is 1. The molecule has 8 nitrogen and oxygen atoms in total. The summed E-state index contributed by atoms with van der Waals surface area (Å²) in [4.78, 5) is 40.1. The van der Waals surface area contributed by atoms with Gasteiger partial charge in [-0.05, 0) is 36.8 Å². The van der Waals surface area contributed by atoms with Gasteiger partial charge in [-0.3, -0.25) is 4.79 Å². The summed E-state index contributed by atoms with van der Waals surface area (Å²) in [5.74, 6) is -0.471. The predicted molar refractivity (Wildman–Crippen MR) is 109 cm³/mol. The van der Waals surface area contributed by atoms with Crippen molar-refractivity contribution in [2.24, 2.45) is 5.10 Å². The largest absolute Gasteiger partial charge is 0.452 e. The predicted octanol–water partition coefficient (Wildman–Crippen LogP) is 3.41. The molecule has 1 atom stereocenters. The zero-order valence-corrected chi connectivity index (χ0v) is 16.6. The lowest BCUT2D eigenvalue weighted by atomic mass is 10.1. The fraction of sp³-hybridized carbons (Fsp3) is 0.200. The van der Waals surface area contributed by atoms with E-state index in [1.165, 1.54) is 12.0 Å². The van der Waals surface area contributed by atoms with E-state index in [9.17, 15) is 14.4 Å². The standard InChI is InChI=1S/C20H19ClN4O4/c1-13(22-23-19(27)29-2)17-18(26)25(16-10-8-15(21)9-11-16)20(28)24(17)12-14-6-4-3-5-7-14/h3-11,17H,12H2,1-2H3,(H,23,27)/b22-13+. The van der Waals surface area contributed by atoms with Crippen LogP contribution in [0.25, 0.3) is 0 Å². The van der Waals surface area contributed by atoms with Crippen LogP contribution in [0.3, 0.4) is 0 Å². The molecule has 2 aromatic carbocycles. The molecule has 0 aromatic heterocycles. The molecule has 1 aliphatic rings. The van der Waals surface area contributed by atoms with Crippen LogP contribution in [0.1, 0.15) is 12.5 Å². The van der Waals surface area contributed by atoms with Gasteiger partial charge in [-0.15, -0.1) is 0 Å². The quantitative estimate of drug-likeness (QED) is 0.461. The Kier molecular flexibility index (Phi) is 6.13. The van der Waals surface area contributed by atoms with Crippen molar-refractivity contribution in [2.75, 3.05) is 12.0 Å². The molecule has 9 heteroatoms. The Balaban J connectivity index is 1.96. The van der Waals surface area contributed by atoms with Crippen molar-refractivity contribution in [3.8, 4) is 0 Å². The van der Waals surface area contributed by atoms with Crippen molar-refractivity contribution in [1.29, 1.82) is 0 Å². The van der Waals surface area contributed by atoms with Gasteiger partial charge in [0.2, 0.25) is 0 Å². The van der Waals surface area contributed by atoms with Crippen molar-refractivity contribution < 1.29 is 19.1 Å². The Morgan fingerprint density at radius 3 is 2.41 bits per heavy atom. The fourth-order valence-electron chi connectivity index (χ4n) is 3.00. The van der Waals surface area contributed by atoms with Gasteiger partial charge < -0.3 is 9.64 Å². The van der Waals surface area contributed by atoms with Crippen LogP contribution < -0.4 is 10.3 Å². The average Bonchev–Trinajstić information content (AvgIpc) is 2.97. The average molecular weight is 415 g/mol. The molecule has 4 amide bonds. The van der Waals surface area contributed by atoms with Gasteiger partial charge in [0.05, 0.1) is 18.5 Å². The van der Waals surface area contributed by atoms with Crippen molar-refractivity contribution in [3.05, 3.63) is 65.2 Å². The second kappa shape index (κ2) is 8.74. The molecular weight excluding hydrogens is 396 g/mol. The molecule has 3 rings (SSSR count). The molecule has 1 fully saturated rings. The summed E-state index contributed by atoms with van der Waals surface area (Å²) in [7, 11) is 1.20. The normalized spacial score (nSPS) is 16.9.